The maximum atomic E-state index is 12.7. The highest BCUT2D eigenvalue weighted by molar-refractivity contribution is 5.31. The molecule has 17 heavy (non-hydrogen) atoms. The third-order valence-electron chi connectivity index (χ3n) is 2.88. The summed E-state index contributed by atoms with van der Waals surface area (Å²) in [6.07, 6.45) is 1.09. The summed E-state index contributed by atoms with van der Waals surface area (Å²) in [6.45, 7) is 2.26. The van der Waals surface area contributed by atoms with Gasteiger partial charge in [0.1, 0.15) is 5.75 Å². The van der Waals surface area contributed by atoms with Crippen molar-refractivity contribution in [1.29, 1.82) is 0 Å². The lowest BCUT2D eigenvalue weighted by atomic mass is 9.98. The molecule has 0 radical (unpaired) electrons. The molecule has 4 heteroatoms. The van der Waals surface area contributed by atoms with E-state index in [1.54, 1.807) is 6.07 Å². The van der Waals surface area contributed by atoms with Crippen molar-refractivity contribution in [2.75, 3.05) is 19.7 Å². The topological polar surface area (TPSA) is 21.3 Å². The Morgan fingerprint density at radius 3 is 2.94 bits per heavy atom. The van der Waals surface area contributed by atoms with Crippen LogP contribution < -0.4 is 10.1 Å². The van der Waals surface area contributed by atoms with Gasteiger partial charge >= 0.3 is 0 Å². The van der Waals surface area contributed by atoms with Crippen LogP contribution in [0.3, 0.4) is 0 Å². The Kier molecular flexibility index (Phi) is 3.62. The molecule has 1 aromatic rings. The number of alkyl halides is 2. The zero-order valence-electron chi connectivity index (χ0n) is 9.88. The van der Waals surface area contributed by atoms with Crippen LogP contribution in [-0.2, 0) is 0 Å². The molecular weight excluding hydrogens is 224 g/mol. The molecule has 94 valence electrons. The number of ether oxygens (including phenoxy) is 1. The van der Waals surface area contributed by atoms with Crippen LogP contribution in [0.4, 0.5) is 8.78 Å². The molecule has 0 bridgehead atoms. The van der Waals surface area contributed by atoms with E-state index >= 15 is 0 Å². The summed E-state index contributed by atoms with van der Waals surface area (Å²) in [6, 6.07) is 7.46. The number of rotatable bonds is 4. The molecule has 0 amide bonds. The molecular formula is C13H17F2NO. The van der Waals surface area contributed by atoms with E-state index in [1.807, 2.05) is 18.2 Å². The van der Waals surface area contributed by atoms with Gasteiger partial charge in [0.05, 0.1) is 0 Å². The fourth-order valence-corrected chi connectivity index (χ4v) is 2.01. The second-order valence-electron chi connectivity index (χ2n) is 4.62. The van der Waals surface area contributed by atoms with Crippen molar-refractivity contribution >= 4 is 0 Å². The Labute approximate surface area is 100.0 Å². The first-order valence-electron chi connectivity index (χ1n) is 5.86. The normalized spacial score (nSPS) is 20.5. The van der Waals surface area contributed by atoms with Gasteiger partial charge in [-0.25, -0.2) is 8.78 Å². The molecule has 1 aliphatic rings. The molecule has 1 heterocycles. The minimum atomic E-state index is -2.79. The van der Waals surface area contributed by atoms with E-state index in [-0.39, 0.29) is 0 Å². The van der Waals surface area contributed by atoms with Crippen molar-refractivity contribution in [3.05, 3.63) is 29.8 Å². The van der Waals surface area contributed by atoms with Crippen LogP contribution >= 0.6 is 0 Å². The first-order chi connectivity index (χ1) is 8.04. The van der Waals surface area contributed by atoms with Crippen LogP contribution in [0, 0.1) is 0 Å². The predicted molar refractivity (Wildman–Crippen MR) is 62.8 cm³/mol. The summed E-state index contributed by atoms with van der Waals surface area (Å²) in [7, 11) is 0. The zero-order chi connectivity index (χ0) is 12.3. The van der Waals surface area contributed by atoms with E-state index < -0.39 is 12.5 Å². The predicted octanol–water partition coefficient (Wildman–Crippen LogP) is 2.80. The molecule has 0 saturated carbocycles. The molecule has 0 aromatic heterocycles. The molecule has 2 rings (SSSR count). The first kappa shape index (κ1) is 12.3. The van der Waals surface area contributed by atoms with Crippen molar-refractivity contribution in [1.82, 2.24) is 5.32 Å². The maximum absolute atomic E-state index is 12.7. The van der Waals surface area contributed by atoms with Crippen molar-refractivity contribution < 1.29 is 13.5 Å². The minimum Gasteiger partial charge on any atom is -0.487 e. The molecule has 2 nitrogen and oxygen atoms in total. The lowest BCUT2D eigenvalue weighted by molar-refractivity contribution is -0.0229. The number of benzene rings is 1. The molecule has 1 saturated heterocycles. The summed E-state index contributed by atoms with van der Waals surface area (Å²) in [4.78, 5) is 0. The number of halogens is 2. The average molecular weight is 241 g/mol. The lowest BCUT2D eigenvalue weighted by Crippen LogP contribution is -2.21. The monoisotopic (exact) mass is 241 g/mol. The van der Waals surface area contributed by atoms with Crippen LogP contribution in [-0.4, -0.2) is 25.6 Å². The number of hydrogen-bond donors (Lipinski definition) is 1. The molecule has 1 fully saturated rings. The second kappa shape index (κ2) is 5.00. The smallest absolute Gasteiger partial charge is 0.278 e. The van der Waals surface area contributed by atoms with E-state index in [4.69, 9.17) is 4.74 Å². The largest absolute Gasteiger partial charge is 0.487 e. The molecule has 1 N–H and O–H groups in total. The fraction of sp³-hybridized carbons (Fsp3) is 0.538. The third-order valence-corrected chi connectivity index (χ3v) is 2.88. The van der Waals surface area contributed by atoms with E-state index in [0.29, 0.717) is 11.7 Å². The van der Waals surface area contributed by atoms with Crippen molar-refractivity contribution in [2.24, 2.45) is 0 Å². The number of nitrogens with one attached hydrogen (secondary N) is 1. The van der Waals surface area contributed by atoms with Gasteiger partial charge < -0.3 is 10.1 Å². The van der Waals surface area contributed by atoms with Gasteiger partial charge in [0.25, 0.3) is 5.92 Å². The zero-order valence-corrected chi connectivity index (χ0v) is 9.88. The quantitative estimate of drug-likeness (QED) is 0.875. The third kappa shape index (κ3) is 3.66. The van der Waals surface area contributed by atoms with E-state index in [9.17, 15) is 8.78 Å². The highest BCUT2D eigenvalue weighted by Gasteiger charge is 2.22. The van der Waals surface area contributed by atoms with Gasteiger partial charge in [0.15, 0.2) is 6.61 Å². The Morgan fingerprint density at radius 2 is 2.29 bits per heavy atom. The Hall–Kier alpha value is -1.16. The summed E-state index contributed by atoms with van der Waals surface area (Å²) in [5.41, 5.74) is 1.16. The van der Waals surface area contributed by atoms with Gasteiger partial charge in [0.2, 0.25) is 0 Å². The summed E-state index contributed by atoms with van der Waals surface area (Å²) >= 11 is 0. The van der Waals surface area contributed by atoms with Gasteiger partial charge in [-0.3, -0.25) is 0 Å². The molecule has 1 aliphatic heterocycles. The molecule has 0 spiro atoms. The van der Waals surface area contributed by atoms with Gasteiger partial charge in [-0.15, -0.1) is 0 Å². The van der Waals surface area contributed by atoms with Crippen molar-refractivity contribution in [3.63, 3.8) is 0 Å². The molecule has 1 unspecified atom stereocenters. The van der Waals surface area contributed by atoms with Gasteiger partial charge in [-0.05, 0) is 36.6 Å². The molecule has 1 aromatic carbocycles. The summed E-state index contributed by atoms with van der Waals surface area (Å²) in [5, 5.41) is 3.29. The Bertz CT molecular complexity index is 370. The SMILES string of the molecule is CC(F)(F)COc1cccc(C2CCNC2)c1. The van der Waals surface area contributed by atoms with Crippen LogP contribution in [0.2, 0.25) is 0 Å². The second-order valence-corrected chi connectivity index (χ2v) is 4.62. The minimum absolute atomic E-state index is 0.473. The molecule has 1 atom stereocenters. The Morgan fingerprint density at radius 1 is 1.47 bits per heavy atom. The highest BCUT2D eigenvalue weighted by Crippen LogP contribution is 2.26. The van der Waals surface area contributed by atoms with E-state index in [1.165, 1.54) is 0 Å². The summed E-state index contributed by atoms with van der Waals surface area (Å²) < 4.78 is 30.4. The fourth-order valence-electron chi connectivity index (χ4n) is 2.01. The highest BCUT2D eigenvalue weighted by atomic mass is 19.3. The average Bonchev–Trinajstić information content (AvgIpc) is 2.79. The molecule has 0 aliphatic carbocycles. The number of hydrogen-bond acceptors (Lipinski definition) is 2. The van der Waals surface area contributed by atoms with Crippen LogP contribution in [0.5, 0.6) is 5.75 Å². The van der Waals surface area contributed by atoms with Crippen LogP contribution in [0.1, 0.15) is 24.8 Å². The van der Waals surface area contributed by atoms with E-state index in [2.05, 4.69) is 5.32 Å². The van der Waals surface area contributed by atoms with Crippen molar-refractivity contribution in [2.45, 2.75) is 25.2 Å². The van der Waals surface area contributed by atoms with Crippen molar-refractivity contribution in [3.8, 4) is 5.75 Å². The van der Waals surface area contributed by atoms with Crippen LogP contribution in [0.15, 0.2) is 24.3 Å². The van der Waals surface area contributed by atoms with Gasteiger partial charge in [0, 0.05) is 13.5 Å². The first-order valence-corrected chi connectivity index (χ1v) is 5.86. The van der Waals surface area contributed by atoms with Crippen LogP contribution in [0.25, 0.3) is 0 Å². The van der Waals surface area contributed by atoms with Gasteiger partial charge in [-0.1, -0.05) is 12.1 Å². The standard InChI is InChI=1S/C13H17F2NO/c1-13(14,15)9-17-12-4-2-3-10(7-12)11-5-6-16-8-11/h2-4,7,11,16H,5-6,8-9H2,1H3. The summed E-state index contributed by atoms with van der Waals surface area (Å²) in [5.74, 6) is -1.79. The van der Waals surface area contributed by atoms with E-state index in [0.717, 1.165) is 32.0 Å². The van der Waals surface area contributed by atoms with Gasteiger partial charge in [-0.2, -0.15) is 0 Å². The maximum Gasteiger partial charge on any atom is 0.278 e. The Balaban J connectivity index is 2.01. The lowest BCUT2D eigenvalue weighted by Gasteiger charge is -2.14.